The van der Waals surface area contributed by atoms with Crippen molar-refractivity contribution < 1.29 is 0 Å². The molecule has 0 bridgehead atoms. The highest BCUT2D eigenvalue weighted by Gasteiger charge is 2.34. The maximum absolute atomic E-state index is 4.44. The molecule has 2 nitrogen and oxygen atoms in total. The Kier molecular flexibility index (Phi) is 2.41. The zero-order chi connectivity index (χ0) is 12.7. The average molecular weight is 248 g/mol. The van der Waals surface area contributed by atoms with Gasteiger partial charge in [-0.25, -0.2) is 0 Å². The van der Waals surface area contributed by atoms with Gasteiger partial charge in [0, 0.05) is 5.56 Å². The van der Waals surface area contributed by atoms with Crippen molar-refractivity contribution in [3.05, 3.63) is 60.3 Å². The maximum Gasteiger partial charge on any atom is 0.0927 e. The Bertz CT molecular complexity index is 649. The van der Waals surface area contributed by atoms with Crippen LogP contribution in [-0.2, 0) is 0 Å². The summed E-state index contributed by atoms with van der Waals surface area (Å²) in [6, 6.07) is 12.5. The summed E-state index contributed by atoms with van der Waals surface area (Å²) in [5.41, 5.74) is 4.74. The lowest BCUT2D eigenvalue weighted by Gasteiger charge is -1.99. The SMILES string of the molecule is C1=CC2CC2C=C(c2cc(-c3ccccc3)n[nH]2)C1. The van der Waals surface area contributed by atoms with Crippen LogP contribution in [0.1, 0.15) is 18.5 Å². The summed E-state index contributed by atoms with van der Waals surface area (Å²) in [6.45, 7) is 0. The molecule has 1 N–H and O–H groups in total. The van der Waals surface area contributed by atoms with Gasteiger partial charge in [-0.05, 0) is 36.3 Å². The molecule has 1 saturated carbocycles. The highest BCUT2D eigenvalue weighted by molar-refractivity contribution is 5.70. The molecule has 2 aliphatic carbocycles. The number of hydrogen-bond acceptors (Lipinski definition) is 1. The summed E-state index contributed by atoms with van der Waals surface area (Å²) in [4.78, 5) is 0. The molecular weight excluding hydrogens is 232 g/mol. The van der Waals surface area contributed by atoms with E-state index in [2.05, 4.69) is 46.6 Å². The minimum atomic E-state index is 0.761. The first kappa shape index (κ1) is 10.8. The predicted octanol–water partition coefficient (Wildman–Crippen LogP) is 4.06. The number of fused-ring (bicyclic) bond motifs is 1. The Morgan fingerprint density at radius 3 is 2.89 bits per heavy atom. The van der Waals surface area contributed by atoms with Crippen molar-refractivity contribution in [3.8, 4) is 11.3 Å². The number of H-pyrrole nitrogens is 1. The molecule has 1 heterocycles. The summed E-state index contributed by atoms with van der Waals surface area (Å²) in [5.74, 6) is 1.56. The Labute approximate surface area is 112 Å². The smallest absolute Gasteiger partial charge is 0.0927 e. The predicted molar refractivity (Wildman–Crippen MR) is 77.4 cm³/mol. The second-order valence-corrected chi connectivity index (χ2v) is 5.42. The average Bonchev–Trinajstić information content (AvgIpc) is 3.04. The molecule has 2 aromatic rings. The van der Waals surface area contributed by atoms with E-state index in [-0.39, 0.29) is 0 Å². The molecular formula is C17H16N2. The van der Waals surface area contributed by atoms with E-state index in [0.717, 1.165) is 29.6 Å². The molecule has 4 rings (SSSR count). The standard InChI is InChI=1S/C17H16N2/c1-2-5-12(6-3-1)16-11-17(19-18-16)14-8-4-7-13-9-15(13)10-14/h1-7,10-11,13,15H,8-9H2,(H,18,19). The minimum absolute atomic E-state index is 0.761. The van der Waals surface area contributed by atoms with Crippen molar-refractivity contribution in [1.29, 1.82) is 0 Å². The van der Waals surface area contributed by atoms with E-state index < -0.39 is 0 Å². The highest BCUT2D eigenvalue weighted by atomic mass is 15.1. The van der Waals surface area contributed by atoms with Gasteiger partial charge in [0.15, 0.2) is 0 Å². The largest absolute Gasteiger partial charge is 0.278 e. The van der Waals surface area contributed by atoms with Crippen LogP contribution in [0.2, 0.25) is 0 Å². The summed E-state index contributed by atoms with van der Waals surface area (Å²) in [6.07, 6.45) is 9.42. The molecule has 0 radical (unpaired) electrons. The van der Waals surface area contributed by atoms with Crippen molar-refractivity contribution in [2.75, 3.05) is 0 Å². The molecule has 2 atom stereocenters. The molecule has 0 spiro atoms. The Hall–Kier alpha value is -2.09. The Morgan fingerprint density at radius 1 is 1.11 bits per heavy atom. The lowest BCUT2D eigenvalue weighted by atomic mass is 10.1. The molecule has 1 aromatic carbocycles. The first-order chi connectivity index (χ1) is 9.40. The van der Waals surface area contributed by atoms with Crippen LogP contribution >= 0.6 is 0 Å². The Balaban J connectivity index is 1.66. The molecule has 94 valence electrons. The highest BCUT2D eigenvalue weighted by Crippen LogP contribution is 2.44. The van der Waals surface area contributed by atoms with Crippen LogP contribution in [0.15, 0.2) is 54.6 Å². The van der Waals surface area contributed by atoms with Gasteiger partial charge in [-0.15, -0.1) is 0 Å². The topological polar surface area (TPSA) is 28.7 Å². The number of aromatic amines is 1. The Morgan fingerprint density at radius 2 is 2.00 bits per heavy atom. The number of rotatable bonds is 2. The van der Waals surface area contributed by atoms with E-state index in [1.165, 1.54) is 17.6 Å². The fraction of sp³-hybridized carbons (Fsp3) is 0.235. The molecule has 0 aliphatic heterocycles. The van der Waals surface area contributed by atoms with Crippen molar-refractivity contribution in [2.45, 2.75) is 12.8 Å². The number of allylic oxidation sites excluding steroid dienone is 4. The van der Waals surface area contributed by atoms with Crippen LogP contribution in [0.25, 0.3) is 16.8 Å². The number of hydrogen-bond donors (Lipinski definition) is 1. The van der Waals surface area contributed by atoms with Crippen LogP contribution in [0, 0.1) is 11.8 Å². The number of nitrogens with one attached hydrogen (secondary N) is 1. The van der Waals surface area contributed by atoms with Gasteiger partial charge in [0.1, 0.15) is 0 Å². The van der Waals surface area contributed by atoms with Crippen LogP contribution in [0.5, 0.6) is 0 Å². The van der Waals surface area contributed by atoms with E-state index in [9.17, 15) is 0 Å². The van der Waals surface area contributed by atoms with Crippen molar-refractivity contribution in [1.82, 2.24) is 10.2 Å². The molecule has 2 heteroatoms. The third-order valence-electron chi connectivity index (χ3n) is 4.02. The van der Waals surface area contributed by atoms with Crippen LogP contribution in [-0.4, -0.2) is 10.2 Å². The fourth-order valence-corrected chi connectivity index (χ4v) is 2.79. The lowest BCUT2D eigenvalue weighted by Crippen LogP contribution is -1.84. The summed E-state index contributed by atoms with van der Waals surface area (Å²) < 4.78 is 0. The van der Waals surface area contributed by atoms with Crippen LogP contribution in [0.4, 0.5) is 0 Å². The fourth-order valence-electron chi connectivity index (χ4n) is 2.79. The number of aromatic nitrogens is 2. The lowest BCUT2D eigenvalue weighted by molar-refractivity contribution is 1.00. The second kappa shape index (κ2) is 4.23. The first-order valence-corrected chi connectivity index (χ1v) is 6.89. The molecule has 2 aliphatic rings. The number of nitrogens with zero attached hydrogens (tertiary/aromatic N) is 1. The van der Waals surface area contributed by atoms with Gasteiger partial charge in [0.05, 0.1) is 11.4 Å². The second-order valence-electron chi connectivity index (χ2n) is 5.42. The van der Waals surface area contributed by atoms with Gasteiger partial charge < -0.3 is 0 Å². The molecule has 1 aromatic heterocycles. The minimum Gasteiger partial charge on any atom is -0.278 e. The van der Waals surface area contributed by atoms with Gasteiger partial charge >= 0.3 is 0 Å². The number of benzene rings is 1. The molecule has 2 unspecified atom stereocenters. The first-order valence-electron chi connectivity index (χ1n) is 6.89. The van der Waals surface area contributed by atoms with Crippen molar-refractivity contribution >= 4 is 5.57 Å². The zero-order valence-electron chi connectivity index (χ0n) is 10.7. The van der Waals surface area contributed by atoms with Gasteiger partial charge in [-0.3, -0.25) is 5.10 Å². The van der Waals surface area contributed by atoms with E-state index in [1.54, 1.807) is 0 Å². The van der Waals surface area contributed by atoms with Crippen molar-refractivity contribution in [3.63, 3.8) is 0 Å². The van der Waals surface area contributed by atoms with Crippen LogP contribution < -0.4 is 0 Å². The normalized spacial score (nSPS) is 24.5. The van der Waals surface area contributed by atoms with Gasteiger partial charge in [0.25, 0.3) is 0 Å². The van der Waals surface area contributed by atoms with Gasteiger partial charge in [-0.2, -0.15) is 5.10 Å². The van der Waals surface area contributed by atoms with Gasteiger partial charge in [0.2, 0.25) is 0 Å². The molecule has 0 amide bonds. The van der Waals surface area contributed by atoms with Gasteiger partial charge in [-0.1, -0.05) is 48.6 Å². The van der Waals surface area contributed by atoms with Crippen molar-refractivity contribution in [2.24, 2.45) is 11.8 Å². The van der Waals surface area contributed by atoms with Crippen LogP contribution in [0.3, 0.4) is 0 Å². The molecule has 1 fully saturated rings. The third kappa shape index (κ3) is 2.03. The monoisotopic (exact) mass is 248 g/mol. The third-order valence-corrected chi connectivity index (χ3v) is 4.02. The molecule has 19 heavy (non-hydrogen) atoms. The summed E-state index contributed by atoms with van der Waals surface area (Å²) >= 11 is 0. The molecule has 0 saturated heterocycles. The van der Waals surface area contributed by atoms with E-state index in [0.29, 0.717) is 0 Å². The van der Waals surface area contributed by atoms with E-state index in [4.69, 9.17) is 0 Å². The zero-order valence-corrected chi connectivity index (χ0v) is 10.7. The summed E-state index contributed by atoms with van der Waals surface area (Å²) in [7, 11) is 0. The van der Waals surface area contributed by atoms with E-state index in [1.807, 2.05) is 18.2 Å². The summed E-state index contributed by atoms with van der Waals surface area (Å²) in [5, 5.41) is 7.63. The maximum atomic E-state index is 4.44. The quantitative estimate of drug-likeness (QED) is 0.798. The van der Waals surface area contributed by atoms with E-state index >= 15 is 0 Å².